The molecule has 0 bridgehead atoms. The molecule has 1 saturated carbocycles. The Hall–Kier alpha value is -0.440. The van der Waals surface area contributed by atoms with Crippen LogP contribution in [0.3, 0.4) is 0 Å². The van der Waals surface area contributed by atoms with Crippen molar-refractivity contribution in [3.05, 3.63) is 27.7 Å². The van der Waals surface area contributed by atoms with Crippen LogP contribution in [0.5, 0.6) is 0 Å². The van der Waals surface area contributed by atoms with E-state index in [-0.39, 0.29) is 5.82 Å². The number of hydrogen-bond acceptors (Lipinski definition) is 1. The van der Waals surface area contributed by atoms with Crippen molar-refractivity contribution in [2.45, 2.75) is 25.7 Å². The molecule has 1 fully saturated rings. The first-order chi connectivity index (χ1) is 5.70. The van der Waals surface area contributed by atoms with E-state index in [0.29, 0.717) is 11.5 Å². The average molecular weight is 230 g/mol. The van der Waals surface area contributed by atoms with Crippen LogP contribution in [0.25, 0.3) is 0 Å². The molecule has 12 heavy (non-hydrogen) atoms. The van der Waals surface area contributed by atoms with Gasteiger partial charge in [-0.3, -0.25) is 4.98 Å². The van der Waals surface area contributed by atoms with Gasteiger partial charge in [0.1, 0.15) is 5.82 Å². The molecule has 0 unspecified atom stereocenters. The van der Waals surface area contributed by atoms with Crippen molar-refractivity contribution in [3.63, 3.8) is 0 Å². The molecule has 0 aromatic carbocycles. The second kappa shape index (κ2) is 2.80. The summed E-state index contributed by atoms with van der Waals surface area (Å²) in [4.78, 5) is 4.08. The lowest BCUT2D eigenvalue weighted by Crippen LogP contribution is -1.94. The molecule has 0 N–H and O–H groups in total. The van der Waals surface area contributed by atoms with Gasteiger partial charge < -0.3 is 0 Å². The monoisotopic (exact) mass is 229 g/mol. The molecule has 0 saturated heterocycles. The number of halogens is 2. The van der Waals surface area contributed by atoms with Crippen LogP contribution in [0, 0.1) is 12.7 Å². The zero-order valence-corrected chi connectivity index (χ0v) is 8.36. The lowest BCUT2D eigenvalue weighted by atomic mass is 10.2. The van der Waals surface area contributed by atoms with E-state index in [1.807, 2.05) is 0 Å². The molecule has 0 spiro atoms. The summed E-state index contributed by atoms with van der Waals surface area (Å²) in [5.41, 5.74) is 1.70. The van der Waals surface area contributed by atoms with E-state index in [9.17, 15) is 4.39 Å². The van der Waals surface area contributed by atoms with Gasteiger partial charge in [0.2, 0.25) is 0 Å². The Kier molecular flexibility index (Phi) is 1.91. The molecule has 0 atom stereocenters. The van der Waals surface area contributed by atoms with Crippen LogP contribution in [0.15, 0.2) is 10.7 Å². The number of nitrogens with zero attached hydrogens (tertiary/aromatic N) is 1. The Bertz CT molecular complexity index is 321. The van der Waals surface area contributed by atoms with Crippen molar-refractivity contribution >= 4 is 15.9 Å². The Balaban J connectivity index is 2.49. The van der Waals surface area contributed by atoms with E-state index in [4.69, 9.17) is 0 Å². The summed E-state index contributed by atoms with van der Waals surface area (Å²) < 4.78 is 13.8. The third kappa shape index (κ3) is 1.26. The first kappa shape index (κ1) is 8.17. The second-order valence-electron chi connectivity index (χ2n) is 3.20. The molecule has 0 radical (unpaired) electrons. The zero-order chi connectivity index (χ0) is 8.72. The van der Waals surface area contributed by atoms with Crippen molar-refractivity contribution in [3.8, 4) is 0 Å². The molecule has 1 nitrogen and oxygen atoms in total. The third-order valence-corrected chi connectivity index (χ3v) is 3.19. The van der Waals surface area contributed by atoms with Gasteiger partial charge in [0.05, 0.1) is 11.9 Å². The maximum Gasteiger partial charge on any atom is 0.145 e. The minimum Gasteiger partial charge on any atom is -0.257 e. The molecule has 1 aliphatic rings. The highest BCUT2D eigenvalue weighted by molar-refractivity contribution is 9.10. The molecule has 2 rings (SSSR count). The first-order valence-electron chi connectivity index (χ1n) is 4.00. The molecule has 1 heterocycles. The van der Waals surface area contributed by atoms with Crippen LogP contribution in [0.2, 0.25) is 0 Å². The fourth-order valence-corrected chi connectivity index (χ4v) is 1.83. The van der Waals surface area contributed by atoms with E-state index in [1.165, 1.54) is 19.0 Å². The molecule has 0 aliphatic heterocycles. The quantitative estimate of drug-likeness (QED) is 0.722. The number of hydrogen-bond donors (Lipinski definition) is 0. The Morgan fingerprint density at radius 2 is 2.25 bits per heavy atom. The Labute approximate surface area is 79.1 Å². The van der Waals surface area contributed by atoms with Gasteiger partial charge in [0.25, 0.3) is 0 Å². The summed E-state index contributed by atoms with van der Waals surface area (Å²) in [5, 5.41) is 0. The second-order valence-corrected chi connectivity index (χ2v) is 4.00. The van der Waals surface area contributed by atoms with E-state index >= 15 is 0 Å². The lowest BCUT2D eigenvalue weighted by molar-refractivity contribution is 0.607. The topological polar surface area (TPSA) is 12.9 Å². The van der Waals surface area contributed by atoms with Gasteiger partial charge in [-0.1, -0.05) is 0 Å². The highest BCUT2D eigenvalue weighted by atomic mass is 79.9. The van der Waals surface area contributed by atoms with Gasteiger partial charge in [-0.25, -0.2) is 4.39 Å². The van der Waals surface area contributed by atoms with Crippen LogP contribution in [0.4, 0.5) is 4.39 Å². The Morgan fingerprint density at radius 3 is 2.83 bits per heavy atom. The lowest BCUT2D eigenvalue weighted by Gasteiger charge is -2.04. The molecular formula is C9H9BrFN. The number of aromatic nitrogens is 1. The smallest absolute Gasteiger partial charge is 0.145 e. The SMILES string of the molecule is Cc1c(F)cnc(C2CC2)c1Br. The molecule has 0 amide bonds. The first-order valence-corrected chi connectivity index (χ1v) is 4.80. The van der Waals surface area contributed by atoms with E-state index < -0.39 is 0 Å². The van der Waals surface area contributed by atoms with Gasteiger partial charge in [0, 0.05) is 16.0 Å². The van der Waals surface area contributed by atoms with Gasteiger partial charge in [-0.2, -0.15) is 0 Å². The predicted molar refractivity (Wildman–Crippen MR) is 48.6 cm³/mol. The van der Waals surface area contributed by atoms with Crippen LogP contribution < -0.4 is 0 Å². The summed E-state index contributed by atoms with van der Waals surface area (Å²) in [6.07, 6.45) is 3.70. The summed E-state index contributed by atoms with van der Waals surface area (Å²) in [6.45, 7) is 1.77. The van der Waals surface area contributed by atoms with Crippen molar-refractivity contribution in [1.29, 1.82) is 0 Å². The van der Waals surface area contributed by atoms with Crippen LogP contribution in [-0.4, -0.2) is 4.98 Å². The van der Waals surface area contributed by atoms with Crippen molar-refractivity contribution in [1.82, 2.24) is 4.98 Å². The van der Waals surface area contributed by atoms with Crippen LogP contribution in [-0.2, 0) is 0 Å². The fraction of sp³-hybridized carbons (Fsp3) is 0.444. The van der Waals surface area contributed by atoms with E-state index in [2.05, 4.69) is 20.9 Å². The van der Waals surface area contributed by atoms with Crippen LogP contribution in [0.1, 0.15) is 30.0 Å². The largest absolute Gasteiger partial charge is 0.257 e. The predicted octanol–water partition coefficient (Wildman–Crippen LogP) is 3.17. The van der Waals surface area contributed by atoms with E-state index in [0.717, 1.165) is 10.2 Å². The number of pyridine rings is 1. The summed E-state index contributed by atoms with van der Waals surface area (Å²) in [6, 6.07) is 0. The average Bonchev–Trinajstić information content (AvgIpc) is 2.84. The maximum absolute atomic E-state index is 13.0. The minimum absolute atomic E-state index is 0.230. The standard InChI is InChI=1S/C9H9BrFN/c1-5-7(11)4-12-9(8(5)10)6-2-3-6/h4,6H,2-3H2,1H3. The molecule has 1 aromatic rings. The Morgan fingerprint density at radius 1 is 1.58 bits per heavy atom. The van der Waals surface area contributed by atoms with E-state index in [1.54, 1.807) is 6.92 Å². The fourth-order valence-electron chi connectivity index (χ4n) is 1.22. The normalized spacial score (nSPS) is 16.6. The molecular weight excluding hydrogens is 221 g/mol. The van der Waals surface area contributed by atoms with Crippen molar-refractivity contribution in [2.24, 2.45) is 0 Å². The highest BCUT2D eigenvalue weighted by Gasteiger charge is 2.28. The zero-order valence-electron chi connectivity index (χ0n) is 6.77. The maximum atomic E-state index is 13.0. The van der Waals surface area contributed by atoms with Gasteiger partial charge in [0.15, 0.2) is 0 Å². The van der Waals surface area contributed by atoms with Crippen LogP contribution >= 0.6 is 15.9 Å². The third-order valence-electron chi connectivity index (χ3n) is 2.19. The number of rotatable bonds is 1. The molecule has 1 aliphatic carbocycles. The summed E-state index contributed by atoms with van der Waals surface area (Å²) in [7, 11) is 0. The van der Waals surface area contributed by atoms with Crippen molar-refractivity contribution in [2.75, 3.05) is 0 Å². The summed E-state index contributed by atoms with van der Waals surface area (Å²) in [5.74, 6) is 0.338. The van der Waals surface area contributed by atoms with Crippen molar-refractivity contribution < 1.29 is 4.39 Å². The van der Waals surface area contributed by atoms with Gasteiger partial charge in [-0.15, -0.1) is 0 Å². The van der Waals surface area contributed by atoms with Gasteiger partial charge in [-0.05, 0) is 35.7 Å². The van der Waals surface area contributed by atoms with Gasteiger partial charge >= 0.3 is 0 Å². The molecule has 3 heteroatoms. The minimum atomic E-state index is -0.230. The molecule has 64 valence electrons. The summed E-state index contributed by atoms with van der Waals surface area (Å²) >= 11 is 3.37. The highest BCUT2D eigenvalue weighted by Crippen LogP contribution is 2.42. The molecule has 1 aromatic heterocycles.